The van der Waals surface area contributed by atoms with Crippen LogP contribution < -0.4 is 14.8 Å². The number of hydrogen-bond acceptors (Lipinski definition) is 4. The molecular weight excluding hydrogens is 354 g/mol. The van der Waals surface area contributed by atoms with E-state index in [4.69, 9.17) is 14.2 Å². The van der Waals surface area contributed by atoms with E-state index in [0.29, 0.717) is 13.2 Å². The van der Waals surface area contributed by atoms with Gasteiger partial charge in [0.1, 0.15) is 6.10 Å². The molecule has 28 heavy (non-hydrogen) atoms. The number of hydrogen-bond donors (Lipinski definition) is 1. The molecule has 1 atom stereocenters. The number of nitrogens with zero attached hydrogens (tertiary/aromatic N) is 2. The van der Waals surface area contributed by atoms with E-state index in [1.807, 2.05) is 25.2 Å². The second kappa shape index (κ2) is 9.46. The number of aryl methyl sites for hydroxylation is 1. The number of aliphatic imine (C=N–C) groups is 1. The highest BCUT2D eigenvalue weighted by molar-refractivity contribution is 5.80. The Kier molecular flexibility index (Phi) is 6.76. The van der Waals surface area contributed by atoms with Gasteiger partial charge in [0.2, 0.25) is 0 Å². The molecule has 1 saturated heterocycles. The van der Waals surface area contributed by atoms with Gasteiger partial charge in [-0.1, -0.05) is 30.3 Å². The highest BCUT2D eigenvalue weighted by atomic mass is 16.5. The summed E-state index contributed by atoms with van der Waals surface area (Å²) in [5, 5.41) is 3.45. The minimum atomic E-state index is 0.0505. The molecule has 1 aliphatic rings. The van der Waals surface area contributed by atoms with Crippen molar-refractivity contribution in [2.75, 3.05) is 41.0 Å². The van der Waals surface area contributed by atoms with Gasteiger partial charge in [0.05, 0.1) is 27.4 Å². The molecule has 1 fully saturated rings. The predicted octanol–water partition coefficient (Wildman–Crippen LogP) is 3.16. The maximum absolute atomic E-state index is 6.03. The quantitative estimate of drug-likeness (QED) is 0.635. The summed E-state index contributed by atoms with van der Waals surface area (Å²) < 4.78 is 16.7. The van der Waals surface area contributed by atoms with Crippen LogP contribution in [0, 0.1) is 6.92 Å². The fourth-order valence-electron chi connectivity index (χ4n) is 3.48. The lowest BCUT2D eigenvalue weighted by Gasteiger charge is -2.35. The number of ether oxygens (including phenoxy) is 3. The zero-order chi connectivity index (χ0) is 19.9. The Bertz CT molecular complexity index is 822. The Morgan fingerprint density at radius 3 is 2.68 bits per heavy atom. The van der Waals surface area contributed by atoms with Crippen LogP contribution >= 0.6 is 0 Å². The van der Waals surface area contributed by atoms with Crippen LogP contribution in [-0.2, 0) is 11.3 Å². The molecule has 2 aromatic rings. The molecule has 6 nitrogen and oxygen atoms in total. The molecule has 6 heteroatoms. The fourth-order valence-corrected chi connectivity index (χ4v) is 3.48. The van der Waals surface area contributed by atoms with Gasteiger partial charge in [0.15, 0.2) is 17.5 Å². The van der Waals surface area contributed by atoms with Crippen molar-refractivity contribution in [1.29, 1.82) is 0 Å². The molecule has 1 heterocycles. The number of rotatable bonds is 5. The van der Waals surface area contributed by atoms with Crippen molar-refractivity contribution in [1.82, 2.24) is 10.2 Å². The first-order valence-electron chi connectivity index (χ1n) is 9.50. The highest BCUT2D eigenvalue weighted by Gasteiger charge is 2.25. The molecule has 0 aromatic heterocycles. The van der Waals surface area contributed by atoms with Crippen LogP contribution in [0.5, 0.6) is 11.5 Å². The van der Waals surface area contributed by atoms with Crippen molar-refractivity contribution in [2.45, 2.75) is 19.6 Å². The Hall–Kier alpha value is -2.73. The summed E-state index contributed by atoms with van der Waals surface area (Å²) in [6, 6.07) is 14.3. The molecule has 2 aromatic carbocycles. The van der Waals surface area contributed by atoms with Gasteiger partial charge < -0.3 is 24.4 Å². The van der Waals surface area contributed by atoms with Crippen molar-refractivity contribution in [3.05, 3.63) is 59.2 Å². The fraction of sp³-hybridized carbons (Fsp3) is 0.409. The van der Waals surface area contributed by atoms with Crippen LogP contribution in [-0.4, -0.2) is 51.8 Å². The average Bonchev–Trinajstić information content (AvgIpc) is 2.74. The summed E-state index contributed by atoms with van der Waals surface area (Å²) >= 11 is 0. The molecule has 0 bridgehead atoms. The van der Waals surface area contributed by atoms with Crippen LogP contribution in [0.1, 0.15) is 22.8 Å². The predicted molar refractivity (Wildman–Crippen MR) is 111 cm³/mol. The monoisotopic (exact) mass is 383 g/mol. The van der Waals surface area contributed by atoms with E-state index in [2.05, 4.69) is 46.4 Å². The first-order valence-corrected chi connectivity index (χ1v) is 9.50. The second-order valence-electron chi connectivity index (χ2n) is 6.75. The topological polar surface area (TPSA) is 55.3 Å². The van der Waals surface area contributed by atoms with Crippen LogP contribution in [0.15, 0.2) is 47.5 Å². The van der Waals surface area contributed by atoms with Crippen LogP contribution in [0.3, 0.4) is 0 Å². The van der Waals surface area contributed by atoms with E-state index < -0.39 is 0 Å². The minimum Gasteiger partial charge on any atom is -0.493 e. The summed E-state index contributed by atoms with van der Waals surface area (Å²) in [7, 11) is 5.10. The van der Waals surface area contributed by atoms with Gasteiger partial charge in [0.25, 0.3) is 0 Å². The standard InChI is InChI=1S/C22H29N3O3/c1-16-7-5-6-8-18(16)21-15-25(11-12-28-21)22(23-2)24-14-17-9-10-19(26-3)20(13-17)27-4/h5-10,13,21H,11-12,14-15H2,1-4H3,(H,23,24). The maximum Gasteiger partial charge on any atom is 0.194 e. The van der Waals surface area contributed by atoms with Gasteiger partial charge in [-0.15, -0.1) is 0 Å². The highest BCUT2D eigenvalue weighted by Crippen LogP contribution is 2.28. The van der Waals surface area contributed by atoms with Gasteiger partial charge in [-0.25, -0.2) is 0 Å². The molecule has 3 rings (SSSR count). The third-order valence-corrected chi connectivity index (χ3v) is 5.01. The molecule has 0 saturated carbocycles. The average molecular weight is 383 g/mol. The minimum absolute atomic E-state index is 0.0505. The molecule has 1 unspecified atom stereocenters. The molecule has 1 N–H and O–H groups in total. The van der Waals surface area contributed by atoms with E-state index in [9.17, 15) is 0 Å². The summed E-state index contributed by atoms with van der Waals surface area (Å²) in [5.41, 5.74) is 3.59. The maximum atomic E-state index is 6.03. The normalized spacial score (nSPS) is 17.4. The van der Waals surface area contributed by atoms with Gasteiger partial charge in [0, 0.05) is 20.1 Å². The lowest BCUT2D eigenvalue weighted by molar-refractivity contribution is -0.00833. The number of nitrogens with one attached hydrogen (secondary N) is 1. The van der Waals surface area contributed by atoms with Crippen LogP contribution in [0.25, 0.3) is 0 Å². The van der Waals surface area contributed by atoms with Crippen LogP contribution in [0.4, 0.5) is 0 Å². The molecule has 150 valence electrons. The number of morpholine rings is 1. The Morgan fingerprint density at radius 1 is 1.18 bits per heavy atom. The van der Waals surface area contributed by atoms with E-state index in [0.717, 1.165) is 36.1 Å². The molecule has 0 aliphatic carbocycles. The third kappa shape index (κ3) is 4.57. The molecule has 0 amide bonds. The summed E-state index contributed by atoms with van der Waals surface area (Å²) in [4.78, 5) is 6.72. The zero-order valence-electron chi connectivity index (χ0n) is 17.1. The SMILES string of the molecule is CN=C(NCc1ccc(OC)c(OC)c1)N1CCOC(c2ccccc2C)C1. The van der Waals surface area contributed by atoms with Crippen molar-refractivity contribution < 1.29 is 14.2 Å². The summed E-state index contributed by atoms with van der Waals surface area (Å²) in [6.07, 6.45) is 0.0505. The van der Waals surface area contributed by atoms with Crippen molar-refractivity contribution in [2.24, 2.45) is 4.99 Å². The van der Waals surface area contributed by atoms with Gasteiger partial charge >= 0.3 is 0 Å². The summed E-state index contributed by atoms with van der Waals surface area (Å²) in [5.74, 6) is 2.32. The largest absolute Gasteiger partial charge is 0.493 e. The second-order valence-corrected chi connectivity index (χ2v) is 6.75. The van der Waals surface area contributed by atoms with Crippen molar-refractivity contribution in [3.8, 4) is 11.5 Å². The Balaban J connectivity index is 1.66. The molecule has 0 spiro atoms. The molecular formula is C22H29N3O3. The lowest BCUT2D eigenvalue weighted by Crippen LogP contribution is -2.48. The third-order valence-electron chi connectivity index (χ3n) is 5.01. The molecule has 1 aliphatic heterocycles. The van der Waals surface area contributed by atoms with Gasteiger partial charge in [-0.2, -0.15) is 0 Å². The first-order chi connectivity index (χ1) is 13.7. The van der Waals surface area contributed by atoms with Gasteiger partial charge in [-0.05, 0) is 35.7 Å². The number of benzene rings is 2. The summed E-state index contributed by atoms with van der Waals surface area (Å²) in [6.45, 7) is 5.04. The van der Waals surface area contributed by atoms with E-state index in [-0.39, 0.29) is 6.10 Å². The van der Waals surface area contributed by atoms with Crippen molar-refractivity contribution in [3.63, 3.8) is 0 Å². The van der Waals surface area contributed by atoms with Crippen molar-refractivity contribution >= 4 is 5.96 Å². The number of guanidine groups is 1. The zero-order valence-corrected chi connectivity index (χ0v) is 17.1. The van der Waals surface area contributed by atoms with E-state index in [1.165, 1.54) is 11.1 Å². The van der Waals surface area contributed by atoms with Crippen LogP contribution in [0.2, 0.25) is 0 Å². The van der Waals surface area contributed by atoms with E-state index >= 15 is 0 Å². The number of methoxy groups -OCH3 is 2. The Labute approximate surface area is 167 Å². The smallest absolute Gasteiger partial charge is 0.194 e. The molecule has 0 radical (unpaired) electrons. The lowest BCUT2D eigenvalue weighted by atomic mass is 10.0. The Morgan fingerprint density at radius 2 is 1.96 bits per heavy atom. The first kappa shape index (κ1) is 20.0. The van der Waals surface area contributed by atoms with Gasteiger partial charge in [-0.3, -0.25) is 4.99 Å². The van der Waals surface area contributed by atoms with E-state index in [1.54, 1.807) is 14.2 Å².